The maximum absolute atomic E-state index is 12.1. The van der Waals surface area contributed by atoms with E-state index in [1.54, 1.807) is 0 Å². The first-order chi connectivity index (χ1) is 9.43. The Hall–Kier alpha value is -1.10. The molecule has 1 aliphatic heterocycles. The summed E-state index contributed by atoms with van der Waals surface area (Å²) in [5, 5.41) is 11.5. The predicted octanol–water partition coefficient (Wildman–Crippen LogP) is 2.01. The van der Waals surface area contributed by atoms with Crippen LogP contribution in [0.25, 0.3) is 0 Å². The summed E-state index contributed by atoms with van der Waals surface area (Å²) in [6, 6.07) is 0.865. The van der Waals surface area contributed by atoms with Gasteiger partial charge in [0.25, 0.3) is 0 Å². The number of rotatable bonds is 8. The maximum Gasteiger partial charge on any atom is 0.303 e. The lowest BCUT2D eigenvalue weighted by Crippen LogP contribution is -2.49. The third kappa shape index (κ3) is 5.12. The molecular weight excluding hydrogens is 256 g/mol. The minimum absolute atomic E-state index is 0.0819. The fraction of sp³-hybridized carbons (Fsp3) is 0.867. The third-order valence-corrected chi connectivity index (χ3v) is 4.21. The number of unbranched alkanes of at least 4 members (excludes halogenated alkanes) is 2. The molecule has 0 aliphatic carbocycles. The van der Waals surface area contributed by atoms with Gasteiger partial charge in [0, 0.05) is 25.0 Å². The van der Waals surface area contributed by atoms with Gasteiger partial charge in [0.15, 0.2) is 0 Å². The Kier molecular flexibility index (Phi) is 6.99. The lowest BCUT2D eigenvalue weighted by molar-refractivity contribution is -0.137. The van der Waals surface area contributed by atoms with Crippen molar-refractivity contribution >= 4 is 11.9 Å². The molecule has 5 nitrogen and oxygen atoms in total. The molecule has 0 aromatic rings. The number of carboxylic acids is 1. The molecule has 0 spiro atoms. The summed E-state index contributed by atoms with van der Waals surface area (Å²) in [4.78, 5) is 24.8. The van der Waals surface area contributed by atoms with Crippen LogP contribution in [0.5, 0.6) is 0 Å². The Morgan fingerprint density at radius 2 is 1.80 bits per heavy atom. The number of carbonyl (C=O) groups excluding carboxylic acids is 1. The largest absolute Gasteiger partial charge is 0.481 e. The first-order valence-corrected chi connectivity index (χ1v) is 7.70. The second kappa shape index (κ2) is 8.25. The molecule has 1 rings (SSSR count). The van der Waals surface area contributed by atoms with Crippen LogP contribution in [-0.2, 0) is 9.59 Å². The van der Waals surface area contributed by atoms with Gasteiger partial charge in [-0.1, -0.05) is 6.42 Å². The van der Waals surface area contributed by atoms with Crippen molar-refractivity contribution in [2.75, 3.05) is 6.54 Å². The normalized spacial score (nSPS) is 24.6. The molecule has 1 fully saturated rings. The number of nitrogens with zero attached hydrogens (tertiary/aromatic N) is 1. The molecule has 20 heavy (non-hydrogen) atoms. The van der Waals surface area contributed by atoms with Crippen molar-refractivity contribution in [2.45, 2.75) is 77.4 Å². The zero-order valence-corrected chi connectivity index (χ0v) is 12.9. The molecule has 1 aliphatic rings. The number of hydrogen-bond donors (Lipinski definition) is 2. The van der Waals surface area contributed by atoms with Gasteiger partial charge in [-0.25, -0.2) is 0 Å². The number of carbonyl (C=O) groups is 2. The summed E-state index contributed by atoms with van der Waals surface area (Å²) in [7, 11) is 0. The summed E-state index contributed by atoms with van der Waals surface area (Å²) < 4.78 is 0. The molecule has 1 amide bonds. The maximum atomic E-state index is 12.1. The summed E-state index contributed by atoms with van der Waals surface area (Å²) in [5.74, 6) is -0.663. The molecule has 0 saturated carbocycles. The average Bonchev–Trinajstić information content (AvgIpc) is 2.71. The molecule has 5 heteroatoms. The van der Waals surface area contributed by atoms with Crippen molar-refractivity contribution in [3.8, 4) is 0 Å². The van der Waals surface area contributed by atoms with Gasteiger partial charge in [-0.15, -0.1) is 0 Å². The quantitative estimate of drug-likeness (QED) is 0.669. The highest BCUT2D eigenvalue weighted by Crippen LogP contribution is 2.25. The third-order valence-electron chi connectivity index (χ3n) is 4.21. The number of hydrogen-bond acceptors (Lipinski definition) is 3. The standard InChI is InChI=1S/C15H28N2O3/c1-11-8-9-12(2)17(11)13(3)15(20)16-10-6-4-5-7-14(18)19/h11-13H,4-10H2,1-3H3,(H,16,20)(H,18,19). The molecule has 116 valence electrons. The molecule has 3 atom stereocenters. The van der Waals surface area contributed by atoms with Crippen LogP contribution in [0.4, 0.5) is 0 Å². The Morgan fingerprint density at radius 1 is 1.20 bits per heavy atom. The Labute approximate surface area is 121 Å². The van der Waals surface area contributed by atoms with Crippen LogP contribution in [0.3, 0.4) is 0 Å². The average molecular weight is 284 g/mol. The number of carboxylic acid groups (broad SMARTS) is 1. The van der Waals surface area contributed by atoms with E-state index in [9.17, 15) is 9.59 Å². The zero-order valence-electron chi connectivity index (χ0n) is 12.9. The van der Waals surface area contributed by atoms with E-state index >= 15 is 0 Å². The van der Waals surface area contributed by atoms with Gasteiger partial charge in [-0.2, -0.15) is 0 Å². The summed E-state index contributed by atoms with van der Waals surface area (Å²) in [6.07, 6.45) is 4.91. The molecule has 0 bridgehead atoms. The molecule has 1 heterocycles. The molecular formula is C15H28N2O3. The van der Waals surface area contributed by atoms with Gasteiger partial charge in [0.1, 0.15) is 0 Å². The van der Waals surface area contributed by atoms with E-state index < -0.39 is 5.97 Å². The highest BCUT2D eigenvalue weighted by atomic mass is 16.4. The van der Waals surface area contributed by atoms with E-state index in [0.717, 1.165) is 25.7 Å². The van der Waals surface area contributed by atoms with Crippen LogP contribution in [0, 0.1) is 0 Å². The molecule has 3 unspecified atom stereocenters. The smallest absolute Gasteiger partial charge is 0.303 e. The molecule has 0 radical (unpaired) electrons. The molecule has 0 aromatic carbocycles. The van der Waals surface area contributed by atoms with Crippen molar-refractivity contribution < 1.29 is 14.7 Å². The van der Waals surface area contributed by atoms with Crippen LogP contribution in [0.15, 0.2) is 0 Å². The first kappa shape index (κ1) is 17.0. The second-order valence-electron chi connectivity index (χ2n) is 5.89. The first-order valence-electron chi connectivity index (χ1n) is 7.70. The van der Waals surface area contributed by atoms with Crippen LogP contribution >= 0.6 is 0 Å². The number of likely N-dealkylation sites (tertiary alicyclic amines) is 1. The number of aliphatic carboxylic acids is 1. The highest BCUT2D eigenvalue weighted by molar-refractivity contribution is 5.81. The zero-order chi connectivity index (χ0) is 15.1. The minimum atomic E-state index is -0.750. The number of nitrogens with one attached hydrogen (secondary N) is 1. The van der Waals surface area contributed by atoms with Gasteiger partial charge in [-0.3, -0.25) is 14.5 Å². The van der Waals surface area contributed by atoms with E-state index in [0.29, 0.717) is 25.0 Å². The Balaban J connectivity index is 2.20. The molecule has 2 N–H and O–H groups in total. The van der Waals surface area contributed by atoms with Crippen molar-refractivity contribution in [3.63, 3.8) is 0 Å². The summed E-state index contributed by atoms with van der Waals surface area (Å²) in [5.41, 5.74) is 0. The Bertz CT molecular complexity index is 323. The number of amides is 1. The summed E-state index contributed by atoms with van der Waals surface area (Å²) >= 11 is 0. The minimum Gasteiger partial charge on any atom is -0.481 e. The SMILES string of the molecule is CC1CCC(C)N1C(C)C(=O)NCCCCCC(=O)O. The summed E-state index contributed by atoms with van der Waals surface area (Å²) in [6.45, 7) is 6.97. The molecule has 1 saturated heterocycles. The van der Waals surface area contributed by atoms with E-state index in [1.165, 1.54) is 0 Å². The van der Waals surface area contributed by atoms with Crippen LogP contribution in [0.2, 0.25) is 0 Å². The topological polar surface area (TPSA) is 69.6 Å². The monoisotopic (exact) mass is 284 g/mol. The fourth-order valence-corrected chi connectivity index (χ4v) is 3.05. The van der Waals surface area contributed by atoms with E-state index in [4.69, 9.17) is 5.11 Å². The lowest BCUT2D eigenvalue weighted by atomic mass is 10.1. The molecule has 0 aromatic heterocycles. The lowest BCUT2D eigenvalue weighted by Gasteiger charge is -2.31. The van der Waals surface area contributed by atoms with Gasteiger partial charge >= 0.3 is 5.97 Å². The van der Waals surface area contributed by atoms with E-state index in [2.05, 4.69) is 24.1 Å². The van der Waals surface area contributed by atoms with Crippen molar-refractivity contribution in [2.24, 2.45) is 0 Å². The van der Waals surface area contributed by atoms with Crippen LogP contribution in [-0.4, -0.2) is 46.6 Å². The van der Waals surface area contributed by atoms with E-state index in [-0.39, 0.29) is 18.4 Å². The predicted molar refractivity (Wildman–Crippen MR) is 78.6 cm³/mol. The van der Waals surface area contributed by atoms with Crippen molar-refractivity contribution in [1.29, 1.82) is 0 Å². The van der Waals surface area contributed by atoms with Gasteiger partial charge in [-0.05, 0) is 46.5 Å². The van der Waals surface area contributed by atoms with E-state index in [1.807, 2.05) is 6.92 Å². The van der Waals surface area contributed by atoms with Gasteiger partial charge in [0.2, 0.25) is 5.91 Å². The Morgan fingerprint density at radius 3 is 2.35 bits per heavy atom. The fourth-order valence-electron chi connectivity index (χ4n) is 3.05. The van der Waals surface area contributed by atoms with Gasteiger partial charge in [0.05, 0.1) is 6.04 Å². The van der Waals surface area contributed by atoms with Crippen molar-refractivity contribution in [3.05, 3.63) is 0 Å². The highest BCUT2D eigenvalue weighted by Gasteiger charge is 2.33. The van der Waals surface area contributed by atoms with Crippen LogP contribution in [0.1, 0.15) is 59.3 Å². The van der Waals surface area contributed by atoms with Crippen molar-refractivity contribution in [1.82, 2.24) is 10.2 Å². The second-order valence-corrected chi connectivity index (χ2v) is 5.89. The van der Waals surface area contributed by atoms with Gasteiger partial charge < -0.3 is 10.4 Å². The van der Waals surface area contributed by atoms with Crippen LogP contribution < -0.4 is 5.32 Å².